The van der Waals surface area contributed by atoms with E-state index < -0.39 is 0 Å². The average molecular weight is 225 g/mol. The van der Waals surface area contributed by atoms with E-state index in [1.807, 2.05) is 13.3 Å². The third-order valence-corrected chi connectivity index (χ3v) is 3.54. The van der Waals surface area contributed by atoms with Crippen LogP contribution in [0.1, 0.15) is 31.7 Å². The van der Waals surface area contributed by atoms with Gasteiger partial charge in [-0.3, -0.25) is 0 Å². The average Bonchev–Trinajstić information content (AvgIpc) is 2.45. The number of aromatic nitrogens is 2. The van der Waals surface area contributed by atoms with Crippen molar-refractivity contribution in [1.82, 2.24) is 9.55 Å². The molecule has 0 bridgehead atoms. The standard InChI is InChI=1S/C11H19N3S/c1-8-9(2)14(7-13-8)6-5-11(3,4)10(12)15/h7H,5-6H2,1-4H3,(H2,12,15). The molecule has 4 heteroatoms. The molecular formula is C11H19N3S. The quantitative estimate of drug-likeness (QED) is 0.799. The number of hydrogen-bond donors (Lipinski definition) is 1. The van der Waals surface area contributed by atoms with E-state index in [0.29, 0.717) is 4.99 Å². The summed E-state index contributed by atoms with van der Waals surface area (Å²) in [6.07, 6.45) is 2.82. The maximum absolute atomic E-state index is 5.68. The lowest BCUT2D eigenvalue weighted by molar-refractivity contribution is 0.432. The molecule has 0 aliphatic carbocycles. The van der Waals surface area contributed by atoms with E-state index in [-0.39, 0.29) is 5.41 Å². The second-order valence-electron chi connectivity index (χ2n) is 4.61. The summed E-state index contributed by atoms with van der Waals surface area (Å²) < 4.78 is 2.15. The Hall–Kier alpha value is -0.900. The van der Waals surface area contributed by atoms with Gasteiger partial charge in [-0.15, -0.1) is 0 Å². The Morgan fingerprint density at radius 2 is 2.13 bits per heavy atom. The third kappa shape index (κ3) is 2.78. The Kier molecular flexibility index (Phi) is 3.50. The molecule has 0 radical (unpaired) electrons. The molecule has 84 valence electrons. The molecule has 0 aliphatic rings. The zero-order valence-electron chi connectivity index (χ0n) is 9.87. The number of aryl methyl sites for hydroxylation is 2. The predicted octanol–water partition coefficient (Wildman–Crippen LogP) is 2.20. The lowest BCUT2D eigenvalue weighted by atomic mass is 9.89. The fraction of sp³-hybridized carbons (Fsp3) is 0.636. The van der Waals surface area contributed by atoms with Crippen LogP contribution in [0.4, 0.5) is 0 Å². The highest BCUT2D eigenvalue weighted by atomic mass is 32.1. The fourth-order valence-electron chi connectivity index (χ4n) is 1.29. The van der Waals surface area contributed by atoms with Gasteiger partial charge in [0.05, 0.1) is 17.0 Å². The van der Waals surface area contributed by atoms with Crippen molar-refractivity contribution in [1.29, 1.82) is 0 Å². The number of nitrogens with zero attached hydrogens (tertiary/aromatic N) is 2. The van der Waals surface area contributed by atoms with Crippen LogP contribution in [-0.4, -0.2) is 14.5 Å². The molecule has 1 aromatic heterocycles. The van der Waals surface area contributed by atoms with Crippen LogP contribution in [0.15, 0.2) is 6.33 Å². The Morgan fingerprint density at radius 3 is 2.53 bits per heavy atom. The van der Waals surface area contributed by atoms with Crippen LogP contribution < -0.4 is 5.73 Å². The van der Waals surface area contributed by atoms with E-state index in [1.165, 1.54) is 5.69 Å². The number of rotatable bonds is 4. The van der Waals surface area contributed by atoms with Gasteiger partial charge in [0.15, 0.2) is 0 Å². The summed E-state index contributed by atoms with van der Waals surface area (Å²) in [5.41, 5.74) is 7.90. The second kappa shape index (κ2) is 4.31. The molecule has 0 aromatic carbocycles. The SMILES string of the molecule is Cc1ncn(CCC(C)(C)C(N)=S)c1C. The van der Waals surface area contributed by atoms with Crippen LogP contribution in [0.2, 0.25) is 0 Å². The molecule has 0 aliphatic heterocycles. The van der Waals surface area contributed by atoms with Crippen molar-refractivity contribution in [3.8, 4) is 0 Å². The van der Waals surface area contributed by atoms with Gasteiger partial charge in [0, 0.05) is 17.7 Å². The highest BCUT2D eigenvalue weighted by Gasteiger charge is 2.21. The maximum Gasteiger partial charge on any atom is 0.0951 e. The van der Waals surface area contributed by atoms with Crippen molar-refractivity contribution in [3.63, 3.8) is 0 Å². The van der Waals surface area contributed by atoms with E-state index in [9.17, 15) is 0 Å². The number of imidazole rings is 1. The molecule has 0 amide bonds. The van der Waals surface area contributed by atoms with Crippen molar-refractivity contribution in [2.45, 2.75) is 40.7 Å². The van der Waals surface area contributed by atoms with Crippen LogP contribution in [0, 0.1) is 19.3 Å². The smallest absolute Gasteiger partial charge is 0.0951 e. The highest BCUT2D eigenvalue weighted by Crippen LogP contribution is 2.22. The van der Waals surface area contributed by atoms with E-state index >= 15 is 0 Å². The second-order valence-corrected chi connectivity index (χ2v) is 5.05. The predicted molar refractivity (Wildman–Crippen MR) is 66.9 cm³/mol. The van der Waals surface area contributed by atoms with Crippen LogP contribution in [-0.2, 0) is 6.54 Å². The van der Waals surface area contributed by atoms with Gasteiger partial charge in [-0.05, 0) is 20.3 Å². The van der Waals surface area contributed by atoms with E-state index in [2.05, 4.69) is 30.3 Å². The van der Waals surface area contributed by atoms with Gasteiger partial charge in [-0.1, -0.05) is 26.1 Å². The fourth-order valence-corrected chi connectivity index (χ4v) is 1.39. The minimum atomic E-state index is -0.0834. The lowest BCUT2D eigenvalue weighted by Crippen LogP contribution is -2.30. The van der Waals surface area contributed by atoms with E-state index in [0.717, 1.165) is 18.7 Å². The molecule has 2 N–H and O–H groups in total. The number of hydrogen-bond acceptors (Lipinski definition) is 2. The monoisotopic (exact) mass is 225 g/mol. The zero-order chi connectivity index (χ0) is 11.6. The summed E-state index contributed by atoms with van der Waals surface area (Å²) in [4.78, 5) is 4.84. The molecule has 0 saturated carbocycles. The molecule has 0 unspecified atom stereocenters. The molecule has 0 atom stereocenters. The van der Waals surface area contributed by atoms with E-state index in [1.54, 1.807) is 0 Å². The Morgan fingerprint density at radius 1 is 1.53 bits per heavy atom. The summed E-state index contributed by atoms with van der Waals surface area (Å²) in [6, 6.07) is 0. The van der Waals surface area contributed by atoms with Gasteiger partial charge in [-0.25, -0.2) is 4.98 Å². The van der Waals surface area contributed by atoms with Gasteiger partial charge < -0.3 is 10.3 Å². The van der Waals surface area contributed by atoms with Crippen LogP contribution in [0.25, 0.3) is 0 Å². The van der Waals surface area contributed by atoms with Crippen molar-refractivity contribution < 1.29 is 0 Å². The Bertz CT molecular complexity index is 366. The number of thiocarbonyl (C=S) groups is 1. The summed E-state index contributed by atoms with van der Waals surface area (Å²) >= 11 is 5.04. The molecule has 0 saturated heterocycles. The van der Waals surface area contributed by atoms with Gasteiger partial charge in [0.1, 0.15) is 0 Å². The molecule has 0 spiro atoms. The Balaban J connectivity index is 2.65. The molecule has 0 fully saturated rings. The molecular weight excluding hydrogens is 206 g/mol. The number of nitrogens with two attached hydrogens (primary N) is 1. The first-order valence-electron chi connectivity index (χ1n) is 5.13. The first-order valence-corrected chi connectivity index (χ1v) is 5.53. The first kappa shape index (κ1) is 12.2. The van der Waals surface area contributed by atoms with Gasteiger partial charge >= 0.3 is 0 Å². The summed E-state index contributed by atoms with van der Waals surface area (Å²) in [5.74, 6) is 0. The normalized spacial score (nSPS) is 11.7. The topological polar surface area (TPSA) is 43.8 Å². The first-order chi connectivity index (χ1) is 6.84. The van der Waals surface area contributed by atoms with Crippen molar-refractivity contribution >= 4 is 17.2 Å². The zero-order valence-corrected chi connectivity index (χ0v) is 10.7. The minimum Gasteiger partial charge on any atom is -0.393 e. The molecule has 1 aromatic rings. The van der Waals surface area contributed by atoms with Gasteiger partial charge in [-0.2, -0.15) is 0 Å². The molecule has 1 rings (SSSR count). The van der Waals surface area contributed by atoms with E-state index in [4.69, 9.17) is 18.0 Å². The lowest BCUT2D eigenvalue weighted by Gasteiger charge is -2.23. The largest absolute Gasteiger partial charge is 0.393 e. The van der Waals surface area contributed by atoms with Crippen LogP contribution in [0.5, 0.6) is 0 Å². The summed E-state index contributed by atoms with van der Waals surface area (Å²) in [7, 11) is 0. The maximum atomic E-state index is 5.68. The minimum absolute atomic E-state index is 0.0834. The summed E-state index contributed by atoms with van der Waals surface area (Å²) in [6.45, 7) is 9.17. The molecule has 1 heterocycles. The summed E-state index contributed by atoms with van der Waals surface area (Å²) in [5, 5.41) is 0. The molecule has 15 heavy (non-hydrogen) atoms. The highest BCUT2D eigenvalue weighted by molar-refractivity contribution is 7.80. The van der Waals surface area contributed by atoms with Crippen molar-refractivity contribution in [3.05, 3.63) is 17.7 Å². The Labute approximate surface area is 96.7 Å². The third-order valence-electron chi connectivity index (χ3n) is 2.99. The van der Waals surface area contributed by atoms with Crippen LogP contribution in [0.3, 0.4) is 0 Å². The molecule has 3 nitrogen and oxygen atoms in total. The van der Waals surface area contributed by atoms with Gasteiger partial charge in [0.25, 0.3) is 0 Å². The van der Waals surface area contributed by atoms with Crippen molar-refractivity contribution in [2.75, 3.05) is 0 Å². The van der Waals surface area contributed by atoms with Crippen LogP contribution >= 0.6 is 12.2 Å². The van der Waals surface area contributed by atoms with Gasteiger partial charge in [0.2, 0.25) is 0 Å². The van der Waals surface area contributed by atoms with Crippen molar-refractivity contribution in [2.24, 2.45) is 11.1 Å².